The molecule has 0 unspecified atom stereocenters. The molecule has 0 aromatic carbocycles. The van der Waals surface area contributed by atoms with Crippen LogP contribution in [0.15, 0.2) is 18.3 Å². The van der Waals surface area contributed by atoms with Gasteiger partial charge in [-0.2, -0.15) is 0 Å². The summed E-state index contributed by atoms with van der Waals surface area (Å²) in [6, 6.07) is 3.13. The van der Waals surface area contributed by atoms with Gasteiger partial charge in [0.25, 0.3) is 0 Å². The maximum Gasteiger partial charge on any atom is 0.335 e. The van der Waals surface area contributed by atoms with Gasteiger partial charge in [-0.15, -0.1) is 0 Å². The molecule has 2 heterocycles. The second-order valence-corrected chi connectivity index (χ2v) is 3.34. The van der Waals surface area contributed by atoms with Gasteiger partial charge < -0.3 is 9.84 Å². The molecule has 2 rings (SSSR count). The molecule has 1 aliphatic heterocycles. The van der Waals surface area contributed by atoms with E-state index in [4.69, 9.17) is 9.84 Å². The van der Waals surface area contributed by atoms with Crippen LogP contribution in [-0.2, 0) is 4.74 Å². The molecular formula is C10H11NO3. The van der Waals surface area contributed by atoms with Crippen molar-refractivity contribution in [2.75, 3.05) is 13.2 Å². The normalized spacial score (nSPS) is 21.0. The smallest absolute Gasteiger partial charge is 0.335 e. The van der Waals surface area contributed by atoms with Crippen molar-refractivity contribution in [3.05, 3.63) is 29.6 Å². The van der Waals surface area contributed by atoms with Gasteiger partial charge in [-0.05, 0) is 18.6 Å². The van der Waals surface area contributed by atoms with E-state index in [2.05, 4.69) is 4.98 Å². The van der Waals surface area contributed by atoms with Crippen molar-refractivity contribution in [1.82, 2.24) is 4.98 Å². The molecule has 1 atom stereocenters. The highest BCUT2D eigenvalue weighted by atomic mass is 16.5. The van der Waals surface area contributed by atoms with Crippen LogP contribution in [0.2, 0.25) is 0 Å². The van der Waals surface area contributed by atoms with Crippen molar-refractivity contribution >= 4 is 5.97 Å². The number of hydrogen-bond donors (Lipinski definition) is 1. The second-order valence-electron chi connectivity index (χ2n) is 3.34. The molecule has 1 saturated heterocycles. The Morgan fingerprint density at radius 3 is 3.14 bits per heavy atom. The summed E-state index contributed by atoms with van der Waals surface area (Å²) < 4.78 is 5.22. The summed E-state index contributed by atoms with van der Waals surface area (Å²) in [5.74, 6) is -0.651. The molecular weight excluding hydrogens is 182 g/mol. The number of nitrogens with zero attached hydrogens (tertiary/aromatic N) is 1. The van der Waals surface area contributed by atoms with Crippen molar-refractivity contribution in [3.63, 3.8) is 0 Å². The molecule has 1 fully saturated rings. The zero-order valence-electron chi connectivity index (χ0n) is 7.64. The third-order valence-electron chi connectivity index (χ3n) is 2.38. The minimum absolute atomic E-state index is 0.259. The van der Waals surface area contributed by atoms with Crippen LogP contribution >= 0.6 is 0 Å². The average Bonchev–Trinajstić information content (AvgIpc) is 2.71. The topological polar surface area (TPSA) is 59.4 Å². The van der Waals surface area contributed by atoms with E-state index in [1.165, 1.54) is 12.3 Å². The van der Waals surface area contributed by atoms with E-state index in [-0.39, 0.29) is 5.92 Å². The summed E-state index contributed by atoms with van der Waals surface area (Å²) in [5, 5.41) is 8.79. The van der Waals surface area contributed by atoms with E-state index in [1.807, 2.05) is 0 Å². The van der Waals surface area contributed by atoms with Gasteiger partial charge in [0, 0.05) is 24.4 Å². The summed E-state index contributed by atoms with van der Waals surface area (Å²) in [5.41, 5.74) is 1.12. The number of pyridine rings is 1. The number of aromatic carboxylic acids is 1. The molecule has 1 N–H and O–H groups in total. The first kappa shape index (κ1) is 9.15. The van der Waals surface area contributed by atoms with Crippen LogP contribution in [0.25, 0.3) is 0 Å². The van der Waals surface area contributed by atoms with Crippen molar-refractivity contribution in [1.29, 1.82) is 0 Å². The molecule has 4 nitrogen and oxygen atoms in total. The zero-order chi connectivity index (χ0) is 9.97. The second kappa shape index (κ2) is 3.75. The summed E-state index contributed by atoms with van der Waals surface area (Å²) in [6.07, 6.45) is 2.47. The van der Waals surface area contributed by atoms with E-state index in [9.17, 15) is 4.79 Å². The lowest BCUT2D eigenvalue weighted by atomic mass is 10.0. The van der Waals surface area contributed by atoms with Gasteiger partial charge >= 0.3 is 5.97 Å². The number of ether oxygens (including phenoxy) is 1. The van der Waals surface area contributed by atoms with Crippen LogP contribution < -0.4 is 0 Å². The maximum atomic E-state index is 10.7. The third kappa shape index (κ3) is 1.75. The quantitative estimate of drug-likeness (QED) is 0.768. The Kier molecular flexibility index (Phi) is 2.45. The third-order valence-corrected chi connectivity index (χ3v) is 2.38. The van der Waals surface area contributed by atoms with Gasteiger partial charge in [0.05, 0.1) is 12.2 Å². The SMILES string of the molecule is O=C(O)c1ccnc([C@H]2CCOC2)c1. The maximum absolute atomic E-state index is 10.7. The van der Waals surface area contributed by atoms with Crippen molar-refractivity contribution < 1.29 is 14.6 Å². The standard InChI is InChI=1S/C10H11NO3/c12-10(13)7-1-3-11-9(5-7)8-2-4-14-6-8/h1,3,5,8H,2,4,6H2,(H,12,13)/t8-/m0/s1. The fraction of sp³-hybridized carbons (Fsp3) is 0.400. The Bertz CT molecular complexity index is 345. The average molecular weight is 193 g/mol. The molecule has 0 spiro atoms. The van der Waals surface area contributed by atoms with Gasteiger partial charge in [-0.1, -0.05) is 0 Å². The minimum Gasteiger partial charge on any atom is -0.478 e. The predicted octanol–water partition coefficient (Wildman–Crippen LogP) is 1.28. The highest BCUT2D eigenvalue weighted by Crippen LogP contribution is 2.23. The van der Waals surface area contributed by atoms with Crippen LogP contribution in [0, 0.1) is 0 Å². The van der Waals surface area contributed by atoms with E-state index >= 15 is 0 Å². The van der Waals surface area contributed by atoms with Crippen LogP contribution in [0.3, 0.4) is 0 Å². The monoisotopic (exact) mass is 193 g/mol. The molecule has 74 valence electrons. The number of carbonyl (C=O) groups is 1. The Balaban J connectivity index is 2.25. The van der Waals surface area contributed by atoms with Gasteiger partial charge in [0.2, 0.25) is 0 Å². The lowest BCUT2D eigenvalue weighted by molar-refractivity contribution is 0.0696. The van der Waals surface area contributed by atoms with Gasteiger partial charge in [-0.25, -0.2) is 4.79 Å². The molecule has 1 aliphatic rings. The first-order valence-corrected chi connectivity index (χ1v) is 4.54. The van der Waals surface area contributed by atoms with Crippen molar-refractivity contribution in [2.45, 2.75) is 12.3 Å². The largest absolute Gasteiger partial charge is 0.478 e. The molecule has 0 radical (unpaired) electrons. The zero-order valence-corrected chi connectivity index (χ0v) is 7.64. The number of rotatable bonds is 2. The molecule has 0 saturated carbocycles. The van der Waals surface area contributed by atoms with E-state index in [0.29, 0.717) is 12.2 Å². The van der Waals surface area contributed by atoms with E-state index in [0.717, 1.165) is 18.7 Å². The Morgan fingerprint density at radius 1 is 1.64 bits per heavy atom. The van der Waals surface area contributed by atoms with E-state index in [1.54, 1.807) is 6.07 Å². The van der Waals surface area contributed by atoms with Crippen LogP contribution in [0.5, 0.6) is 0 Å². The first-order valence-electron chi connectivity index (χ1n) is 4.54. The molecule has 14 heavy (non-hydrogen) atoms. The summed E-state index contributed by atoms with van der Waals surface area (Å²) in [6.45, 7) is 1.39. The number of aromatic nitrogens is 1. The Labute approximate surface area is 81.5 Å². The summed E-state index contributed by atoms with van der Waals surface area (Å²) >= 11 is 0. The van der Waals surface area contributed by atoms with Crippen molar-refractivity contribution in [2.24, 2.45) is 0 Å². The van der Waals surface area contributed by atoms with Crippen LogP contribution in [-0.4, -0.2) is 29.3 Å². The Morgan fingerprint density at radius 2 is 2.50 bits per heavy atom. The summed E-state index contributed by atoms with van der Waals surface area (Å²) in [4.78, 5) is 14.9. The predicted molar refractivity (Wildman–Crippen MR) is 49.4 cm³/mol. The van der Waals surface area contributed by atoms with Crippen molar-refractivity contribution in [3.8, 4) is 0 Å². The van der Waals surface area contributed by atoms with Gasteiger partial charge in [0.1, 0.15) is 0 Å². The number of hydrogen-bond acceptors (Lipinski definition) is 3. The highest BCUT2D eigenvalue weighted by molar-refractivity contribution is 5.87. The number of carboxylic acid groups (broad SMARTS) is 1. The van der Waals surface area contributed by atoms with Gasteiger partial charge in [0.15, 0.2) is 0 Å². The number of carboxylic acids is 1. The fourth-order valence-corrected chi connectivity index (χ4v) is 1.57. The molecule has 1 aromatic heterocycles. The Hall–Kier alpha value is -1.42. The highest BCUT2D eigenvalue weighted by Gasteiger charge is 2.19. The fourth-order valence-electron chi connectivity index (χ4n) is 1.57. The molecule has 0 aliphatic carbocycles. The minimum atomic E-state index is -0.910. The van der Waals surface area contributed by atoms with E-state index < -0.39 is 5.97 Å². The molecule has 1 aromatic rings. The lowest BCUT2D eigenvalue weighted by Crippen LogP contribution is -2.04. The lowest BCUT2D eigenvalue weighted by Gasteiger charge is -2.06. The molecule has 4 heteroatoms. The van der Waals surface area contributed by atoms with Gasteiger partial charge in [-0.3, -0.25) is 4.98 Å². The first-order chi connectivity index (χ1) is 6.77. The molecule has 0 amide bonds. The summed E-state index contributed by atoms with van der Waals surface area (Å²) in [7, 11) is 0. The van der Waals surface area contributed by atoms with Crippen LogP contribution in [0.4, 0.5) is 0 Å². The molecule has 0 bridgehead atoms. The van der Waals surface area contributed by atoms with Crippen LogP contribution in [0.1, 0.15) is 28.4 Å².